The molecule has 0 bridgehead atoms. The lowest BCUT2D eigenvalue weighted by Gasteiger charge is -2.38. The maximum absolute atomic E-state index is 12.4. The molecule has 0 unspecified atom stereocenters. The van der Waals surface area contributed by atoms with Gasteiger partial charge in [-0.05, 0) is 32.4 Å². The third kappa shape index (κ3) is 2.95. The number of nitrogens with one attached hydrogen (secondary N) is 1. The first kappa shape index (κ1) is 13.5. The molecule has 1 aliphatic heterocycles. The second kappa shape index (κ2) is 6.21. The summed E-state index contributed by atoms with van der Waals surface area (Å²) in [5, 5.41) is 12.2. The molecule has 16 heavy (non-hydrogen) atoms. The highest BCUT2D eigenvalue weighted by atomic mass is 16.3. The van der Waals surface area contributed by atoms with E-state index in [0.717, 1.165) is 38.8 Å². The second-order valence-electron chi connectivity index (χ2n) is 4.73. The predicted molar refractivity (Wildman–Crippen MR) is 64.2 cm³/mol. The van der Waals surface area contributed by atoms with Gasteiger partial charge in [0.15, 0.2) is 0 Å². The fraction of sp³-hybridized carbons (Fsp3) is 0.917. The minimum atomic E-state index is -0.177. The molecule has 1 fully saturated rings. The van der Waals surface area contributed by atoms with Gasteiger partial charge >= 0.3 is 0 Å². The van der Waals surface area contributed by atoms with Gasteiger partial charge in [-0.25, -0.2) is 0 Å². The van der Waals surface area contributed by atoms with Crippen molar-refractivity contribution in [1.29, 1.82) is 0 Å². The second-order valence-corrected chi connectivity index (χ2v) is 4.73. The third-order valence-electron chi connectivity index (χ3n) is 3.52. The number of likely N-dealkylation sites (N-methyl/N-ethyl adjacent to an activating group) is 1. The summed E-state index contributed by atoms with van der Waals surface area (Å²) in [5.41, 5.74) is -0.177. The van der Waals surface area contributed by atoms with Crippen molar-refractivity contribution in [3.63, 3.8) is 0 Å². The van der Waals surface area contributed by atoms with Crippen LogP contribution in [0, 0.1) is 5.41 Å². The maximum atomic E-state index is 12.4. The molecular formula is C12H24N2O2. The van der Waals surface area contributed by atoms with Gasteiger partial charge in [0.1, 0.15) is 0 Å². The van der Waals surface area contributed by atoms with Crippen LogP contribution in [0.1, 0.15) is 32.6 Å². The van der Waals surface area contributed by atoms with Crippen molar-refractivity contribution >= 4 is 5.91 Å². The Morgan fingerprint density at radius 3 is 2.56 bits per heavy atom. The van der Waals surface area contributed by atoms with Crippen LogP contribution in [0.25, 0.3) is 0 Å². The molecule has 0 aromatic rings. The standard InChI is InChI=1S/C12H24N2O2/c1-3-4-12(5-7-13-8-6-12)11(16)14(2)9-10-15/h13,15H,3-10H2,1-2H3. The number of hydrogen-bond donors (Lipinski definition) is 2. The van der Waals surface area contributed by atoms with Gasteiger partial charge in [-0.15, -0.1) is 0 Å². The van der Waals surface area contributed by atoms with Crippen molar-refractivity contribution < 1.29 is 9.90 Å². The van der Waals surface area contributed by atoms with Crippen molar-refractivity contribution in [1.82, 2.24) is 10.2 Å². The zero-order valence-corrected chi connectivity index (χ0v) is 10.5. The van der Waals surface area contributed by atoms with Gasteiger partial charge < -0.3 is 15.3 Å². The third-order valence-corrected chi connectivity index (χ3v) is 3.52. The minimum absolute atomic E-state index is 0.0443. The molecule has 0 aliphatic carbocycles. The molecule has 1 aliphatic rings. The first-order chi connectivity index (χ1) is 7.66. The van der Waals surface area contributed by atoms with Crippen LogP contribution >= 0.6 is 0 Å². The van der Waals surface area contributed by atoms with E-state index in [1.807, 2.05) is 0 Å². The van der Waals surface area contributed by atoms with E-state index in [1.54, 1.807) is 11.9 Å². The Labute approximate surface area is 98.0 Å². The highest BCUT2D eigenvalue weighted by Crippen LogP contribution is 2.35. The van der Waals surface area contributed by atoms with Gasteiger partial charge in [0.25, 0.3) is 0 Å². The number of rotatable bonds is 5. The van der Waals surface area contributed by atoms with E-state index in [-0.39, 0.29) is 17.9 Å². The van der Waals surface area contributed by atoms with Crippen molar-refractivity contribution in [2.75, 3.05) is 33.3 Å². The molecule has 0 atom stereocenters. The van der Waals surface area contributed by atoms with E-state index in [9.17, 15) is 4.79 Å². The van der Waals surface area contributed by atoms with Gasteiger partial charge in [0.05, 0.1) is 12.0 Å². The number of hydrogen-bond acceptors (Lipinski definition) is 3. The Bertz CT molecular complexity index is 220. The lowest BCUT2D eigenvalue weighted by atomic mass is 9.74. The average Bonchev–Trinajstić information content (AvgIpc) is 2.30. The summed E-state index contributed by atoms with van der Waals surface area (Å²) < 4.78 is 0. The van der Waals surface area contributed by atoms with Crippen molar-refractivity contribution in [3.8, 4) is 0 Å². The van der Waals surface area contributed by atoms with Gasteiger partial charge in [-0.1, -0.05) is 13.3 Å². The summed E-state index contributed by atoms with van der Waals surface area (Å²) >= 11 is 0. The molecule has 0 radical (unpaired) electrons. The Morgan fingerprint density at radius 2 is 2.06 bits per heavy atom. The van der Waals surface area contributed by atoms with Crippen LogP contribution in [-0.2, 0) is 4.79 Å². The summed E-state index contributed by atoms with van der Waals surface area (Å²) in [6, 6.07) is 0. The quantitative estimate of drug-likeness (QED) is 0.725. The van der Waals surface area contributed by atoms with E-state index < -0.39 is 0 Å². The smallest absolute Gasteiger partial charge is 0.228 e. The van der Waals surface area contributed by atoms with Gasteiger partial charge in [0, 0.05) is 13.6 Å². The number of aliphatic hydroxyl groups is 1. The van der Waals surface area contributed by atoms with Gasteiger partial charge in [-0.2, -0.15) is 0 Å². The normalized spacial score (nSPS) is 19.4. The Hall–Kier alpha value is -0.610. The molecule has 1 heterocycles. The van der Waals surface area contributed by atoms with Crippen LogP contribution in [-0.4, -0.2) is 49.2 Å². The van der Waals surface area contributed by atoms with Crippen molar-refractivity contribution in [2.24, 2.45) is 5.41 Å². The van der Waals surface area contributed by atoms with Crippen molar-refractivity contribution in [3.05, 3.63) is 0 Å². The van der Waals surface area contributed by atoms with Gasteiger partial charge in [0.2, 0.25) is 5.91 Å². The molecule has 1 saturated heterocycles. The molecule has 0 spiro atoms. The molecule has 0 aromatic heterocycles. The summed E-state index contributed by atoms with van der Waals surface area (Å²) in [7, 11) is 1.79. The van der Waals surface area contributed by atoms with E-state index in [4.69, 9.17) is 5.11 Å². The summed E-state index contributed by atoms with van der Waals surface area (Å²) in [5.74, 6) is 0.213. The number of nitrogens with zero attached hydrogens (tertiary/aromatic N) is 1. The minimum Gasteiger partial charge on any atom is -0.395 e. The Balaban J connectivity index is 2.71. The molecule has 1 rings (SSSR count). The van der Waals surface area contributed by atoms with E-state index in [2.05, 4.69) is 12.2 Å². The lowest BCUT2D eigenvalue weighted by Crippen LogP contribution is -2.48. The SMILES string of the molecule is CCCC1(C(=O)N(C)CCO)CCNCC1. The number of piperidine rings is 1. The first-order valence-electron chi connectivity index (χ1n) is 6.23. The molecule has 2 N–H and O–H groups in total. The number of carbonyl (C=O) groups is 1. The molecule has 94 valence electrons. The fourth-order valence-electron chi connectivity index (χ4n) is 2.61. The fourth-order valence-corrected chi connectivity index (χ4v) is 2.61. The summed E-state index contributed by atoms with van der Waals surface area (Å²) in [6.45, 7) is 4.47. The van der Waals surface area contributed by atoms with Gasteiger partial charge in [-0.3, -0.25) is 4.79 Å². The molecule has 1 amide bonds. The molecular weight excluding hydrogens is 204 g/mol. The predicted octanol–water partition coefficient (Wildman–Crippen LogP) is 0.607. The molecule has 4 heteroatoms. The summed E-state index contributed by atoms with van der Waals surface area (Å²) in [4.78, 5) is 14.1. The molecule has 4 nitrogen and oxygen atoms in total. The van der Waals surface area contributed by atoms with E-state index in [0.29, 0.717) is 6.54 Å². The number of aliphatic hydroxyl groups excluding tert-OH is 1. The molecule has 0 saturated carbocycles. The number of carbonyl (C=O) groups excluding carboxylic acids is 1. The van der Waals surface area contributed by atoms with Crippen LogP contribution in [0.4, 0.5) is 0 Å². The molecule has 0 aromatic carbocycles. The largest absolute Gasteiger partial charge is 0.395 e. The average molecular weight is 228 g/mol. The maximum Gasteiger partial charge on any atom is 0.228 e. The first-order valence-corrected chi connectivity index (χ1v) is 6.23. The van der Waals surface area contributed by atoms with Crippen LogP contribution in [0.15, 0.2) is 0 Å². The Kier molecular flexibility index (Phi) is 5.22. The van der Waals surface area contributed by atoms with Crippen LogP contribution < -0.4 is 5.32 Å². The zero-order chi connectivity index (χ0) is 12.0. The highest BCUT2D eigenvalue weighted by molar-refractivity contribution is 5.82. The van der Waals surface area contributed by atoms with Crippen LogP contribution in [0.5, 0.6) is 0 Å². The number of amides is 1. The van der Waals surface area contributed by atoms with E-state index in [1.165, 1.54) is 0 Å². The summed E-state index contributed by atoms with van der Waals surface area (Å²) in [6.07, 6.45) is 3.85. The Morgan fingerprint density at radius 1 is 1.44 bits per heavy atom. The van der Waals surface area contributed by atoms with Crippen molar-refractivity contribution in [2.45, 2.75) is 32.6 Å². The highest BCUT2D eigenvalue weighted by Gasteiger charge is 2.39. The topological polar surface area (TPSA) is 52.6 Å². The monoisotopic (exact) mass is 228 g/mol. The van der Waals surface area contributed by atoms with Crippen LogP contribution in [0.3, 0.4) is 0 Å². The van der Waals surface area contributed by atoms with Crippen LogP contribution in [0.2, 0.25) is 0 Å². The van der Waals surface area contributed by atoms with E-state index >= 15 is 0 Å². The zero-order valence-electron chi connectivity index (χ0n) is 10.5. The lowest BCUT2D eigenvalue weighted by molar-refractivity contribution is -0.143.